The predicted octanol–water partition coefficient (Wildman–Crippen LogP) is 2.66. The molecule has 0 N–H and O–H groups in total. The zero-order chi connectivity index (χ0) is 12.4. The van der Waals surface area contributed by atoms with Gasteiger partial charge in [0.05, 0.1) is 0 Å². The first-order chi connectivity index (χ1) is 8.06. The van der Waals surface area contributed by atoms with Gasteiger partial charge in [-0.2, -0.15) is 11.8 Å². The number of nitrogens with zero attached hydrogens (tertiary/aromatic N) is 2. The molecule has 4 heteroatoms. The second-order valence-corrected chi connectivity index (χ2v) is 7.52. The molecule has 17 heavy (non-hydrogen) atoms. The molecule has 2 fully saturated rings. The molecule has 2 rings (SSSR count). The predicted molar refractivity (Wildman–Crippen MR) is 73.5 cm³/mol. The maximum absolute atomic E-state index is 12.4. The summed E-state index contributed by atoms with van der Waals surface area (Å²) in [7, 11) is 0. The zero-order valence-electron chi connectivity index (χ0n) is 11.2. The van der Waals surface area contributed by atoms with Crippen LogP contribution in [0.25, 0.3) is 0 Å². The molecule has 0 spiro atoms. The van der Waals surface area contributed by atoms with Gasteiger partial charge in [-0.1, -0.05) is 20.8 Å². The highest BCUT2D eigenvalue weighted by Crippen LogP contribution is 2.26. The summed E-state index contributed by atoms with van der Waals surface area (Å²) < 4.78 is 0. The summed E-state index contributed by atoms with van der Waals surface area (Å²) in [4.78, 5) is 16.6. The van der Waals surface area contributed by atoms with Crippen LogP contribution in [0.15, 0.2) is 0 Å². The Hall–Kier alpha value is -0.380. The summed E-state index contributed by atoms with van der Waals surface area (Å²) in [6.07, 6.45) is 2.44. The van der Waals surface area contributed by atoms with E-state index in [0.29, 0.717) is 16.4 Å². The second-order valence-electron chi connectivity index (χ2n) is 5.64. The smallest absolute Gasteiger partial charge is 0.320 e. The fourth-order valence-electron chi connectivity index (χ4n) is 2.90. The summed E-state index contributed by atoms with van der Waals surface area (Å²) in [6, 6.07) is 0.274. The summed E-state index contributed by atoms with van der Waals surface area (Å²) >= 11 is 2.00. The first-order valence-electron chi connectivity index (χ1n) is 6.75. The molecule has 0 aromatic heterocycles. The normalized spacial score (nSPS) is 34.9. The van der Waals surface area contributed by atoms with Crippen LogP contribution in [0.5, 0.6) is 0 Å². The van der Waals surface area contributed by atoms with Gasteiger partial charge in [0.2, 0.25) is 0 Å². The van der Waals surface area contributed by atoms with E-state index < -0.39 is 0 Å². The molecular weight excluding hydrogens is 232 g/mol. The van der Waals surface area contributed by atoms with Gasteiger partial charge < -0.3 is 9.80 Å². The molecule has 3 atom stereocenters. The van der Waals surface area contributed by atoms with Crippen molar-refractivity contribution in [2.24, 2.45) is 5.92 Å². The Bertz CT molecular complexity index is 275. The Morgan fingerprint density at radius 1 is 1.06 bits per heavy atom. The second kappa shape index (κ2) is 5.51. The van der Waals surface area contributed by atoms with Crippen LogP contribution in [0.2, 0.25) is 0 Å². The van der Waals surface area contributed by atoms with Gasteiger partial charge in [0.15, 0.2) is 0 Å². The molecule has 0 radical (unpaired) electrons. The lowest BCUT2D eigenvalue weighted by molar-refractivity contribution is 0.130. The van der Waals surface area contributed by atoms with E-state index >= 15 is 0 Å². The summed E-state index contributed by atoms with van der Waals surface area (Å²) in [5.41, 5.74) is 0. The molecule has 0 aromatic rings. The van der Waals surface area contributed by atoms with Crippen molar-refractivity contribution in [2.75, 3.05) is 26.2 Å². The van der Waals surface area contributed by atoms with Gasteiger partial charge in [-0.25, -0.2) is 4.79 Å². The van der Waals surface area contributed by atoms with Crippen LogP contribution in [-0.4, -0.2) is 52.5 Å². The summed E-state index contributed by atoms with van der Waals surface area (Å²) in [5.74, 6) is 0.668. The van der Waals surface area contributed by atoms with Crippen molar-refractivity contribution in [3.05, 3.63) is 0 Å². The fourth-order valence-corrected chi connectivity index (χ4v) is 4.22. The minimum Gasteiger partial charge on any atom is -0.324 e. The van der Waals surface area contributed by atoms with E-state index in [1.807, 2.05) is 11.8 Å². The zero-order valence-corrected chi connectivity index (χ0v) is 12.0. The van der Waals surface area contributed by atoms with Crippen LogP contribution < -0.4 is 0 Å². The Labute approximate surface area is 109 Å². The van der Waals surface area contributed by atoms with Gasteiger partial charge in [0.1, 0.15) is 0 Å². The number of rotatable bonds is 0. The van der Waals surface area contributed by atoms with E-state index in [1.54, 1.807) is 0 Å². The minimum atomic E-state index is 0.274. The third kappa shape index (κ3) is 3.30. The number of hydrogen-bond acceptors (Lipinski definition) is 2. The van der Waals surface area contributed by atoms with E-state index in [4.69, 9.17) is 0 Å². The summed E-state index contributed by atoms with van der Waals surface area (Å²) in [5, 5.41) is 1.15. The molecule has 3 unspecified atom stereocenters. The standard InChI is InChI=1S/C13H24N2OS/c1-10-5-4-6-14(7-10)13(16)15-8-11(2)17-12(3)9-15/h10-12H,4-9H2,1-3H3. The quantitative estimate of drug-likeness (QED) is 0.665. The van der Waals surface area contributed by atoms with Crippen LogP contribution in [0.1, 0.15) is 33.6 Å². The molecule has 3 nitrogen and oxygen atoms in total. The number of piperidine rings is 1. The van der Waals surface area contributed by atoms with Crippen molar-refractivity contribution in [3.63, 3.8) is 0 Å². The largest absolute Gasteiger partial charge is 0.324 e. The van der Waals surface area contributed by atoms with Crippen molar-refractivity contribution < 1.29 is 4.79 Å². The molecular formula is C13H24N2OS. The third-order valence-electron chi connectivity index (χ3n) is 3.62. The lowest BCUT2D eigenvalue weighted by atomic mass is 10.0. The highest BCUT2D eigenvalue weighted by atomic mass is 32.2. The van der Waals surface area contributed by atoms with Gasteiger partial charge in [-0.3, -0.25) is 0 Å². The van der Waals surface area contributed by atoms with Crippen molar-refractivity contribution in [1.29, 1.82) is 0 Å². The van der Waals surface area contributed by atoms with Crippen molar-refractivity contribution in [2.45, 2.75) is 44.1 Å². The molecule has 98 valence electrons. The maximum Gasteiger partial charge on any atom is 0.320 e. The Kier molecular flexibility index (Phi) is 4.23. The van der Waals surface area contributed by atoms with Crippen molar-refractivity contribution in [1.82, 2.24) is 9.80 Å². The van der Waals surface area contributed by atoms with E-state index in [-0.39, 0.29) is 6.03 Å². The molecule has 2 aliphatic rings. The lowest BCUT2D eigenvalue weighted by Crippen LogP contribution is -2.52. The highest BCUT2D eigenvalue weighted by Gasteiger charge is 2.30. The number of carbonyl (C=O) groups excluding carboxylic acids is 1. The molecule has 0 bridgehead atoms. The third-order valence-corrected chi connectivity index (χ3v) is 4.85. The van der Waals surface area contributed by atoms with E-state index in [0.717, 1.165) is 26.2 Å². The fraction of sp³-hybridized carbons (Fsp3) is 0.923. The van der Waals surface area contributed by atoms with E-state index in [9.17, 15) is 4.79 Å². The van der Waals surface area contributed by atoms with Gasteiger partial charge in [-0.05, 0) is 18.8 Å². The van der Waals surface area contributed by atoms with Gasteiger partial charge >= 0.3 is 6.03 Å². The highest BCUT2D eigenvalue weighted by molar-refractivity contribution is 8.00. The number of likely N-dealkylation sites (tertiary alicyclic amines) is 1. The average molecular weight is 256 g/mol. The topological polar surface area (TPSA) is 23.6 Å². The molecule has 2 saturated heterocycles. The molecule has 2 aliphatic heterocycles. The van der Waals surface area contributed by atoms with Crippen molar-refractivity contribution in [3.8, 4) is 0 Å². The molecule has 0 saturated carbocycles. The maximum atomic E-state index is 12.4. The van der Waals surface area contributed by atoms with Crippen LogP contribution in [0.3, 0.4) is 0 Å². The first kappa shape index (κ1) is 13.1. The number of urea groups is 1. The minimum absolute atomic E-state index is 0.274. The molecule has 0 aliphatic carbocycles. The Morgan fingerprint density at radius 2 is 1.71 bits per heavy atom. The van der Waals surface area contributed by atoms with Crippen LogP contribution in [0.4, 0.5) is 4.79 Å². The van der Waals surface area contributed by atoms with Crippen LogP contribution >= 0.6 is 11.8 Å². The van der Waals surface area contributed by atoms with Gasteiger partial charge in [0, 0.05) is 36.7 Å². The number of thioether (sulfide) groups is 1. The van der Waals surface area contributed by atoms with E-state index in [2.05, 4.69) is 30.6 Å². The monoisotopic (exact) mass is 256 g/mol. The molecule has 0 aromatic carbocycles. The SMILES string of the molecule is CC1CCCN(C(=O)N2CC(C)SC(C)C2)C1. The van der Waals surface area contributed by atoms with Gasteiger partial charge in [-0.15, -0.1) is 0 Å². The van der Waals surface area contributed by atoms with Crippen LogP contribution in [-0.2, 0) is 0 Å². The van der Waals surface area contributed by atoms with Gasteiger partial charge in [0.25, 0.3) is 0 Å². The lowest BCUT2D eigenvalue weighted by Gasteiger charge is -2.40. The number of carbonyl (C=O) groups is 1. The van der Waals surface area contributed by atoms with E-state index in [1.165, 1.54) is 12.8 Å². The Balaban J connectivity index is 1.94. The average Bonchev–Trinajstić information content (AvgIpc) is 2.26. The number of amides is 2. The molecule has 2 heterocycles. The Morgan fingerprint density at radius 3 is 2.29 bits per heavy atom. The van der Waals surface area contributed by atoms with Crippen molar-refractivity contribution >= 4 is 17.8 Å². The summed E-state index contributed by atoms with van der Waals surface area (Å²) in [6.45, 7) is 10.4. The molecule has 2 amide bonds. The number of hydrogen-bond donors (Lipinski definition) is 0. The van der Waals surface area contributed by atoms with Crippen LogP contribution in [0, 0.1) is 5.92 Å². The first-order valence-corrected chi connectivity index (χ1v) is 7.70.